The molecule has 0 spiro atoms. The van der Waals surface area contributed by atoms with Crippen LogP contribution in [0, 0.1) is 11.8 Å². The first kappa shape index (κ1) is 11.0. The zero-order chi connectivity index (χ0) is 9.68. The van der Waals surface area contributed by atoms with Crippen LogP contribution in [0.15, 0.2) is 0 Å². The molecule has 0 N–H and O–H groups in total. The second-order valence-corrected chi connectivity index (χ2v) is 4.31. The predicted octanol–water partition coefficient (Wildman–Crippen LogP) is 3.63. The molecule has 1 heteroatoms. The van der Waals surface area contributed by atoms with E-state index in [1.54, 1.807) is 0 Å². The summed E-state index contributed by atoms with van der Waals surface area (Å²) in [5.41, 5.74) is 0. The molecule has 0 aromatic rings. The van der Waals surface area contributed by atoms with E-state index >= 15 is 0 Å². The van der Waals surface area contributed by atoms with Gasteiger partial charge in [-0.25, -0.2) is 0 Å². The SMILES string of the molecule is CCCC[C@@H]1C(OC)[C@@H]1CCCC. The van der Waals surface area contributed by atoms with Crippen LogP contribution in [0.5, 0.6) is 0 Å². The number of ether oxygens (including phenoxy) is 1. The van der Waals surface area contributed by atoms with E-state index in [9.17, 15) is 0 Å². The molecule has 78 valence electrons. The molecule has 1 nitrogen and oxygen atoms in total. The average Bonchev–Trinajstić information content (AvgIpc) is 2.84. The summed E-state index contributed by atoms with van der Waals surface area (Å²) in [6.07, 6.45) is 8.81. The van der Waals surface area contributed by atoms with Gasteiger partial charge in [-0.05, 0) is 24.7 Å². The third kappa shape index (κ3) is 2.98. The van der Waals surface area contributed by atoms with Crippen LogP contribution in [0.25, 0.3) is 0 Å². The van der Waals surface area contributed by atoms with Gasteiger partial charge in [-0.3, -0.25) is 0 Å². The van der Waals surface area contributed by atoms with Gasteiger partial charge in [0.05, 0.1) is 6.10 Å². The Hall–Kier alpha value is -0.0400. The van der Waals surface area contributed by atoms with Gasteiger partial charge in [0.2, 0.25) is 0 Å². The first-order valence-electron chi connectivity index (χ1n) is 5.87. The number of hydrogen-bond donors (Lipinski definition) is 0. The molecular formula is C12H24O. The molecule has 1 fully saturated rings. The zero-order valence-corrected chi connectivity index (χ0v) is 9.38. The van der Waals surface area contributed by atoms with E-state index in [0.29, 0.717) is 6.10 Å². The van der Waals surface area contributed by atoms with Crippen molar-refractivity contribution in [3.8, 4) is 0 Å². The quantitative estimate of drug-likeness (QED) is 0.587. The van der Waals surface area contributed by atoms with Crippen molar-refractivity contribution in [1.29, 1.82) is 0 Å². The lowest BCUT2D eigenvalue weighted by atomic mass is 10.1. The second-order valence-electron chi connectivity index (χ2n) is 4.31. The van der Waals surface area contributed by atoms with E-state index in [4.69, 9.17) is 4.74 Å². The van der Waals surface area contributed by atoms with Crippen molar-refractivity contribution in [2.24, 2.45) is 11.8 Å². The molecular weight excluding hydrogens is 160 g/mol. The van der Waals surface area contributed by atoms with Crippen LogP contribution in [0.4, 0.5) is 0 Å². The fourth-order valence-corrected chi connectivity index (χ4v) is 2.40. The Morgan fingerprint density at radius 1 is 0.923 bits per heavy atom. The lowest BCUT2D eigenvalue weighted by Gasteiger charge is -1.96. The standard InChI is InChI=1S/C12H24O/c1-4-6-8-10-11(9-7-5-2)12(10)13-3/h10-12H,4-9H2,1-3H3/t10-,11+,12?. The molecule has 1 aliphatic rings. The smallest absolute Gasteiger partial charge is 0.0634 e. The number of rotatable bonds is 7. The van der Waals surface area contributed by atoms with Gasteiger partial charge in [0.15, 0.2) is 0 Å². The van der Waals surface area contributed by atoms with E-state index in [1.807, 2.05) is 7.11 Å². The Kier molecular flexibility index (Phi) is 4.79. The van der Waals surface area contributed by atoms with Gasteiger partial charge in [-0.15, -0.1) is 0 Å². The monoisotopic (exact) mass is 184 g/mol. The second kappa shape index (κ2) is 5.64. The van der Waals surface area contributed by atoms with Crippen LogP contribution in [0.1, 0.15) is 52.4 Å². The fraction of sp³-hybridized carbons (Fsp3) is 1.00. The Labute approximate surface area is 82.9 Å². The summed E-state index contributed by atoms with van der Waals surface area (Å²) < 4.78 is 5.48. The highest BCUT2D eigenvalue weighted by molar-refractivity contribution is 4.97. The topological polar surface area (TPSA) is 9.23 Å². The molecule has 0 radical (unpaired) electrons. The lowest BCUT2D eigenvalue weighted by Crippen LogP contribution is -1.91. The molecule has 0 saturated heterocycles. The zero-order valence-electron chi connectivity index (χ0n) is 9.38. The van der Waals surface area contributed by atoms with E-state index in [-0.39, 0.29) is 0 Å². The summed E-state index contributed by atoms with van der Waals surface area (Å²) >= 11 is 0. The van der Waals surface area contributed by atoms with Gasteiger partial charge in [-0.1, -0.05) is 39.5 Å². The molecule has 1 rings (SSSR count). The van der Waals surface area contributed by atoms with Crippen LogP contribution in [-0.2, 0) is 4.74 Å². The molecule has 0 heterocycles. The first-order valence-corrected chi connectivity index (χ1v) is 5.87. The largest absolute Gasteiger partial charge is 0.381 e. The average molecular weight is 184 g/mol. The van der Waals surface area contributed by atoms with E-state index in [0.717, 1.165) is 11.8 Å². The number of unbranched alkanes of at least 4 members (excludes halogenated alkanes) is 2. The molecule has 0 aliphatic heterocycles. The van der Waals surface area contributed by atoms with E-state index in [1.165, 1.54) is 38.5 Å². The van der Waals surface area contributed by atoms with Crippen LogP contribution in [0.2, 0.25) is 0 Å². The number of hydrogen-bond acceptors (Lipinski definition) is 1. The van der Waals surface area contributed by atoms with E-state index < -0.39 is 0 Å². The van der Waals surface area contributed by atoms with Crippen molar-refractivity contribution >= 4 is 0 Å². The molecule has 1 unspecified atom stereocenters. The van der Waals surface area contributed by atoms with Gasteiger partial charge >= 0.3 is 0 Å². The Morgan fingerprint density at radius 2 is 1.38 bits per heavy atom. The van der Waals surface area contributed by atoms with Gasteiger partial charge in [0, 0.05) is 7.11 Å². The van der Waals surface area contributed by atoms with Crippen LogP contribution in [-0.4, -0.2) is 13.2 Å². The van der Waals surface area contributed by atoms with Crippen molar-refractivity contribution in [2.45, 2.75) is 58.5 Å². The molecule has 0 aromatic heterocycles. The summed E-state index contributed by atoms with van der Waals surface area (Å²) in [6.45, 7) is 4.54. The maximum Gasteiger partial charge on any atom is 0.0634 e. The third-order valence-electron chi connectivity index (χ3n) is 3.31. The lowest BCUT2D eigenvalue weighted by molar-refractivity contribution is 0.157. The third-order valence-corrected chi connectivity index (χ3v) is 3.31. The minimum absolute atomic E-state index is 0.609. The summed E-state index contributed by atoms with van der Waals surface area (Å²) in [6, 6.07) is 0. The molecule has 0 amide bonds. The Morgan fingerprint density at radius 3 is 1.69 bits per heavy atom. The van der Waals surface area contributed by atoms with Crippen molar-refractivity contribution < 1.29 is 4.74 Å². The highest BCUT2D eigenvalue weighted by atomic mass is 16.5. The molecule has 3 atom stereocenters. The maximum atomic E-state index is 5.48. The van der Waals surface area contributed by atoms with Crippen molar-refractivity contribution in [1.82, 2.24) is 0 Å². The van der Waals surface area contributed by atoms with Crippen molar-refractivity contribution in [3.05, 3.63) is 0 Å². The Balaban J connectivity index is 2.15. The van der Waals surface area contributed by atoms with Gasteiger partial charge in [0.25, 0.3) is 0 Å². The molecule has 13 heavy (non-hydrogen) atoms. The number of methoxy groups -OCH3 is 1. The van der Waals surface area contributed by atoms with Crippen LogP contribution in [0.3, 0.4) is 0 Å². The molecule has 0 aromatic carbocycles. The van der Waals surface area contributed by atoms with Gasteiger partial charge < -0.3 is 4.74 Å². The molecule has 1 aliphatic carbocycles. The summed E-state index contributed by atoms with van der Waals surface area (Å²) in [7, 11) is 1.87. The minimum atomic E-state index is 0.609. The van der Waals surface area contributed by atoms with Gasteiger partial charge in [-0.2, -0.15) is 0 Å². The minimum Gasteiger partial charge on any atom is -0.381 e. The summed E-state index contributed by atoms with van der Waals surface area (Å²) in [4.78, 5) is 0. The maximum absolute atomic E-state index is 5.48. The first-order chi connectivity index (χ1) is 6.35. The van der Waals surface area contributed by atoms with E-state index in [2.05, 4.69) is 13.8 Å². The normalized spacial score (nSPS) is 32.1. The van der Waals surface area contributed by atoms with Gasteiger partial charge in [0.1, 0.15) is 0 Å². The predicted molar refractivity (Wildman–Crippen MR) is 56.8 cm³/mol. The van der Waals surface area contributed by atoms with Crippen molar-refractivity contribution in [3.63, 3.8) is 0 Å². The fourth-order valence-electron chi connectivity index (χ4n) is 2.40. The van der Waals surface area contributed by atoms with Crippen LogP contribution >= 0.6 is 0 Å². The molecule has 0 bridgehead atoms. The Bertz CT molecular complexity index is 119. The molecule has 1 saturated carbocycles. The van der Waals surface area contributed by atoms with Crippen molar-refractivity contribution in [2.75, 3.05) is 7.11 Å². The summed E-state index contributed by atoms with van der Waals surface area (Å²) in [5.74, 6) is 1.80. The highest BCUT2D eigenvalue weighted by Gasteiger charge is 2.48. The van der Waals surface area contributed by atoms with Crippen LogP contribution < -0.4 is 0 Å². The summed E-state index contributed by atoms with van der Waals surface area (Å²) in [5, 5.41) is 0. The highest BCUT2D eigenvalue weighted by Crippen LogP contribution is 2.47.